The minimum absolute atomic E-state index is 0.630. The molecule has 16 heavy (non-hydrogen) atoms. The van der Waals surface area contributed by atoms with E-state index in [0.29, 0.717) is 5.92 Å². The molecular weight excluding hydrogens is 198 g/mol. The van der Waals surface area contributed by atoms with Crippen LogP contribution in [0.25, 0.3) is 0 Å². The molecule has 0 spiro atoms. The maximum Gasteiger partial charge on any atom is 0.122 e. The number of hydrogen-bond acceptors (Lipinski definition) is 2. The molecule has 0 amide bonds. The third-order valence-electron chi connectivity index (χ3n) is 3.63. The lowest BCUT2D eigenvalue weighted by Gasteiger charge is -2.17. The van der Waals surface area contributed by atoms with Crippen molar-refractivity contribution in [1.29, 1.82) is 0 Å². The van der Waals surface area contributed by atoms with Crippen molar-refractivity contribution in [2.45, 2.75) is 6.42 Å². The summed E-state index contributed by atoms with van der Waals surface area (Å²) in [5.41, 5.74) is 1.37. The Morgan fingerprint density at radius 1 is 1.06 bits per heavy atom. The molecule has 84 valence electrons. The van der Waals surface area contributed by atoms with Gasteiger partial charge in [0.15, 0.2) is 0 Å². The molecule has 2 saturated heterocycles. The molecule has 3 aliphatic rings. The van der Waals surface area contributed by atoms with Crippen LogP contribution < -0.4 is 5.32 Å². The van der Waals surface area contributed by atoms with Crippen molar-refractivity contribution >= 4 is 0 Å². The minimum atomic E-state index is 0.630. The normalized spacial score (nSPS) is 35.8. The Balaban J connectivity index is 1.99. The first-order valence-corrected chi connectivity index (χ1v) is 6.04. The van der Waals surface area contributed by atoms with E-state index < -0.39 is 0 Å². The maximum atomic E-state index is 5.86. The highest BCUT2D eigenvalue weighted by Gasteiger charge is 2.33. The van der Waals surface area contributed by atoms with Crippen molar-refractivity contribution in [3.63, 3.8) is 0 Å². The summed E-state index contributed by atoms with van der Waals surface area (Å²) in [5.74, 6) is 2.44. The molecule has 2 heterocycles. The second-order valence-corrected chi connectivity index (χ2v) is 4.58. The number of allylic oxidation sites excluding steroid dienone is 7. The fourth-order valence-corrected chi connectivity index (χ4v) is 2.77. The Hall–Kier alpha value is -1.28. The summed E-state index contributed by atoms with van der Waals surface area (Å²) in [6, 6.07) is 0. The molecule has 0 radical (unpaired) electrons. The van der Waals surface area contributed by atoms with E-state index in [9.17, 15) is 0 Å². The molecule has 2 aliphatic heterocycles. The summed E-state index contributed by atoms with van der Waals surface area (Å²) < 4.78 is 5.86. The largest absolute Gasteiger partial charge is 0.493 e. The highest BCUT2D eigenvalue weighted by atomic mass is 16.5. The summed E-state index contributed by atoms with van der Waals surface area (Å²) in [6.45, 7) is 3.08. The highest BCUT2D eigenvalue weighted by Crippen LogP contribution is 2.35. The van der Waals surface area contributed by atoms with Gasteiger partial charge in [-0.2, -0.15) is 0 Å². The second kappa shape index (κ2) is 4.30. The van der Waals surface area contributed by atoms with Crippen molar-refractivity contribution in [2.24, 2.45) is 11.8 Å². The van der Waals surface area contributed by atoms with Gasteiger partial charge in [0.05, 0.1) is 6.61 Å². The maximum absolute atomic E-state index is 5.86. The average molecular weight is 215 g/mol. The zero-order chi connectivity index (χ0) is 10.8. The predicted octanol–water partition coefficient (Wildman–Crippen LogP) is 2.18. The van der Waals surface area contributed by atoms with Gasteiger partial charge in [0, 0.05) is 12.5 Å². The standard InChI is InChI=1S/C14H17NO/c1-2-4-6-14-12(5-3-1)13-10-15-9-11(13)7-8-16-14/h1-6,11,13,15H,7-10H2/b2-1?,3-1?,4-2?,5-3?,6-4?,12-5?,14-6+. The highest BCUT2D eigenvalue weighted by molar-refractivity contribution is 5.38. The molecule has 1 aliphatic carbocycles. The lowest BCUT2D eigenvalue weighted by molar-refractivity contribution is 0.215. The molecule has 1 N–H and O–H groups in total. The predicted molar refractivity (Wildman–Crippen MR) is 64.9 cm³/mol. The minimum Gasteiger partial charge on any atom is -0.493 e. The molecule has 2 unspecified atom stereocenters. The number of rotatable bonds is 0. The topological polar surface area (TPSA) is 21.3 Å². The first-order valence-electron chi connectivity index (χ1n) is 6.04. The van der Waals surface area contributed by atoms with Crippen LogP contribution in [-0.2, 0) is 4.74 Å². The van der Waals surface area contributed by atoms with Crippen LogP contribution in [0, 0.1) is 11.8 Å². The monoisotopic (exact) mass is 215 g/mol. The zero-order valence-corrected chi connectivity index (χ0v) is 9.36. The van der Waals surface area contributed by atoms with E-state index >= 15 is 0 Å². The Morgan fingerprint density at radius 3 is 2.88 bits per heavy atom. The molecular formula is C14H17NO. The number of ether oxygens (including phenoxy) is 1. The van der Waals surface area contributed by atoms with Crippen molar-refractivity contribution in [3.8, 4) is 0 Å². The molecule has 3 rings (SSSR count). The van der Waals surface area contributed by atoms with Gasteiger partial charge >= 0.3 is 0 Å². The van der Waals surface area contributed by atoms with E-state index in [2.05, 4.69) is 35.7 Å². The van der Waals surface area contributed by atoms with Gasteiger partial charge in [-0.25, -0.2) is 0 Å². The van der Waals surface area contributed by atoms with E-state index in [1.165, 1.54) is 12.0 Å². The Kier molecular flexibility index (Phi) is 2.66. The van der Waals surface area contributed by atoms with Gasteiger partial charge in [-0.05, 0) is 30.5 Å². The molecule has 2 nitrogen and oxygen atoms in total. The van der Waals surface area contributed by atoms with Crippen molar-refractivity contribution in [2.75, 3.05) is 19.7 Å². The third-order valence-corrected chi connectivity index (χ3v) is 3.63. The average Bonchev–Trinajstić information content (AvgIpc) is 2.64. The lowest BCUT2D eigenvalue weighted by Crippen LogP contribution is -2.14. The molecule has 0 saturated carbocycles. The molecule has 0 aromatic rings. The summed E-state index contributed by atoms with van der Waals surface area (Å²) in [5, 5.41) is 3.50. The second-order valence-electron chi connectivity index (χ2n) is 4.58. The van der Waals surface area contributed by atoms with Crippen LogP contribution in [0.2, 0.25) is 0 Å². The summed E-state index contributed by atoms with van der Waals surface area (Å²) >= 11 is 0. The smallest absolute Gasteiger partial charge is 0.122 e. The van der Waals surface area contributed by atoms with E-state index in [0.717, 1.165) is 31.4 Å². The van der Waals surface area contributed by atoms with Gasteiger partial charge in [-0.3, -0.25) is 0 Å². The van der Waals surface area contributed by atoms with E-state index in [1.807, 2.05) is 6.08 Å². The van der Waals surface area contributed by atoms with Crippen LogP contribution in [0.3, 0.4) is 0 Å². The lowest BCUT2D eigenvalue weighted by atomic mass is 9.86. The molecule has 0 aromatic carbocycles. The van der Waals surface area contributed by atoms with E-state index in [1.54, 1.807) is 0 Å². The van der Waals surface area contributed by atoms with Gasteiger partial charge in [-0.1, -0.05) is 30.4 Å². The van der Waals surface area contributed by atoms with Crippen LogP contribution in [0.1, 0.15) is 6.42 Å². The van der Waals surface area contributed by atoms with Crippen LogP contribution in [0.5, 0.6) is 0 Å². The van der Waals surface area contributed by atoms with E-state index in [4.69, 9.17) is 4.74 Å². The van der Waals surface area contributed by atoms with E-state index in [-0.39, 0.29) is 0 Å². The van der Waals surface area contributed by atoms with Crippen LogP contribution in [0.15, 0.2) is 47.8 Å². The molecule has 2 fully saturated rings. The Labute approximate surface area is 96.4 Å². The molecule has 0 bridgehead atoms. The summed E-state index contributed by atoms with van der Waals surface area (Å²) in [7, 11) is 0. The van der Waals surface area contributed by atoms with Gasteiger partial charge in [0.2, 0.25) is 0 Å². The molecule has 0 aromatic heterocycles. The van der Waals surface area contributed by atoms with Gasteiger partial charge in [-0.15, -0.1) is 0 Å². The Morgan fingerprint density at radius 2 is 1.94 bits per heavy atom. The number of fused-ring (bicyclic) bond motifs is 3. The van der Waals surface area contributed by atoms with Gasteiger partial charge < -0.3 is 10.1 Å². The van der Waals surface area contributed by atoms with Gasteiger partial charge in [0.25, 0.3) is 0 Å². The number of nitrogens with one attached hydrogen (secondary N) is 1. The van der Waals surface area contributed by atoms with Crippen LogP contribution >= 0.6 is 0 Å². The van der Waals surface area contributed by atoms with Crippen molar-refractivity contribution in [1.82, 2.24) is 5.32 Å². The van der Waals surface area contributed by atoms with Crippen LogP contribution in [-0.4, -0.2) is 19.7 Å². The fourth-order valence-electron chi connectivity index (χ4n) is 2.77. The fraction of sp³-hybridized carbons (Fsp3) is 0.429. The zero-order valence-electron chi connectivity index (χ0n) is 9.36. The van der Waals surface area contributed by atoms with Crippen LogP contribution in [0.4, 0.5) is 0 Å². The third kappa shape index (κ3) is 1.74. The Bertz CT molecular complexity index is 390. The van der Waals surface area contributed by atoms with Gasteiger partial charge in [0.1, 0.15) is 5.76 Å². The van der Waals surface area contributed by atoms with Crippen molar-refractivity contribution < 1.29 is 4.74 Å². The summed E-state index contributed by atoms with van der Waals surface area (Å²) in [6.07, 6.45) is 13.8. The molecule has 2 heteroatoms. The summed E-state index contributed by atoms with van der Waals surface area (Å²) in [4.78, 5) is 0. The van der Waals surface area contributed by atoms with Crippen molar-refractivity contribution in [3.05, 3.63) is 47.8 Å². The quantitative estimate of drug-likeness (QED) is 0.668. The first kappa shape index (κ1) is 9.91. The first-order chi connectivity index (χ1) is 7.95. The number of hydrogen-bond donors (Lipinski definition) is 1. The molecule has 2 atom stereocenters. The SMILES string of the molecule is C1=CC=C2/C(=C\C=C1)OCCC1CNCC21.